The van der Waals surface area contributed by atoms with Gasteiger partial charge in [-0.15, -0.1) is 0 Å². The molecule has 0 N–H and O–H groups in total. The molecule has 1 aromatic rings. The molecule has 0 aromatic carbocycles. The minimum atomic E-state index is -0.218. The number of rotatable bonds is 3. The van der Waals surface area contributed by atoms with E-state index in [4.69, 9.17) is 4.74 Å². The zero-order valence-electron chi connectivity index (χ0n) is 10.6. The van der Waals surface area contributed by atoms with Gasteiger partial charge in [-0.05, 0) is 72.1 Å². The van der Waals surface area contributed by atoms with Gasteiger partial charge in [-0.3, -0.25) is 0 Å². The van der Waals surface area contributed by atoms with Crippen LogP contribution in [0.1, 0.15) is 52.3 Å². The highest BCUT2D eigenvalue weighted by Crippen LogP contribution is 2.46. The predicted molar refractivity (Wildman–Crippen MR) is 78.2 cm³/mol. The van der Waals surface area contributed by atoms with E-state index in [0.717, 1.165) is 28.3 Å². The van der Waals surface area contributed by atoms with E-state index in [-0.39, 0.29) is 5.60 Å². The molecule has 0 radical (unpaired) electrons. The van der Waals surface area contributed by atoms with Crippen LogP contribution >= 0.6 is 34.1 Å². The Hall–Kier alpha value is 0.250. The number of aromatic nitrogens is 2. The van der Waals surface area contributed by atoms with E-state index in [1.165, 1.54) is 24.4 Å². The van der Waals surface area contributed by atoms with E-state index in [9.17, 15) is 0 Å². The second kappa shape index (κ2) is 5.09. The number of nitrogens with zero attached hydrogens (tertiary/aromatic N) is 2. The molecule has 1 heterocycles. The van der Waals surface area contributed by atoms with Crippen molar-refractivity contribution in [1.29, 1.82) is 0 Å². The Balaban J connectivity index is 2.22. The van der Waals surface area contributed by atoms with E-state index in [2.05, 4.69) is 52.7 Å². The zero-order chi connectivity index (χ0) is 12.5. The third-order valence-corrected chi connectivity index (χ3v) is 4.98. The van der Waals surface area contributed by atoms with Gasteiger partial charge in [0.25, 0.3) is 0 Å². The van der Waals surface area contributed by atoms with Crippen molar-refractivity contribution in [2.75, 3.05) is 6.61 Å². The molecule has 96 valence electrons. The van der Waals surface area contributed by atoms with E-state index >= 15 is 0 Å². The summed E-state index contributed by atoms with van der Waals surface area (Å²) in [6, 6.07) is 0. The lowest BCUT2D eigenvalue weighted by atomic mass is 9.70. The van der Waals surface area contributed by atoms with Crippen LogP contribution < -0.4 is 0 Å². The molecule has 1 aliphatic carbocycles. The van der Waals surface area contributed by atoms with Crippen molar-refractivity contribution in [2.45, 2.75) is 52.1 Å². The fourth-order valence-electron chi connectivity index (χ4n) is 2.43. The molecule has 17 heavy (non-hydrogen) atoms. The van der Waals surface area contributed by atoms with Gasteiger partial charge in [0.15, 0.2) is 8.84 Å². The number of hydrogen-bond acceptors (Lipinski definition) is 4. The van der Waals surface area contributed by atoms with Crippen LogP contribution in [0.2, 0.25) is 0 Å². The Morgan fingerprint density at radius 2 is 1.94 bits per heavy atom. The van der Waals surface area contributed by atoms with Crippen LogP contribution in [0.5, 0.6) is 0 Å². The van der Waals surface area contributed by atoms with Crippen LogP contribution in [0.25, 0.3) is 0 Å². The van der Waals surface area contributed by atoms with Crippen molar-refractivity contribution in [3.63, 3.8) is 0 Å². The Bertz CT molecular complexity index is 382. The molecule has 0 atom stereocenters. The van der Waals surface area contributed by atoms with Gasteiger partial charge in [-0.2, -0.15) is 4.37 Å². The lowest BCUT2D eigenvalue weighted by Gasteiger charge is -2.41. The quantitative estimate of drug-likeness (QED) is 0.760. The van der Waals surface area contributed by atoms with E-state index in [0.29, 0.717) is 5.41 Å². The van der Waals surface area contributed by atoms with Crippen molar-refractivity contribution >= 4 is 34.1 Å². The van der Waals surface area contributed by atoms with E-state index in [1.54, 1.807) is 0 Å². The summed E-state index contributed by atoms with van der Waals surface area (Å²) in [5.74, 6) is 0.907. The Morgan fingerprint density at radius 1 is 1.29 bits per heavy atom. The first-order valence-electron chi connectivity index (χ1n) is 6.11. The van der Waals surface area contributed by atoms with Crippen LogP contribution in [-0.4, -0.2) is 16.0 Å². The summed E-state index contributed by atoms with van der Waals surface area (Å²) < 4.78 is 11.5. The second-order valence-corrected chi connectivity index (χ2v) is 7.97. The monoisotopic (exact) mass is 366 g/mol. The summed E-state index contributed by atoms with van der Waals surface area (Å²) in [5, 5.41) is 0. The fourth-order valence-corrected chi connectivity index (χ4v) is 3.45. The zero-order valence-corrected chi connectivity index (χ0v) is 13.6. The van der Waals surface area contributed by atoms with Gasteiger partial charge < -0.3 is 4.74 Å². The van der Waals surface area contributed by atoms with Gasteiger partial charge >= 0.3 is 0 Å². The van der Waals surface area contributed by atoms with Gasteiger partial charge in [0, 0.05) is 6.61 Å². The lowest BCUT2D eigenvalue weighted by molar-refractivity contribution is -0.0941. The van der Waals surface area contributed by atoms with Crippen molar-refractivity contribution in [3.8, 4) is 0 Å². The SMILES string of the molecule is CCOC1(c2nsc(I)n2)CCC(C)(C)CC1. The molecule has 0 spiro atoms. The van der Waals surface area contributed by atoms with Gasteiger partial charge in [0.05, 0.1) is 0 Å². The third kappa shape index (κ3) is 2.98. The maximum absolute atomic E-state index is 6.04. The average Bonchev–Trinajstić information content (AvgIpc) is 2.69. The highest BCUT2D eigenvalue weighted by Gasteiger charge is 2.43. The molecule has 1 saturated carbocycles. The highest BCUT2D eigenvalue weighted by molar-refractivity contribution is 14.1. The van der Waals surface area contributed by atoms with Crippen LogP contribution in [0, 0.1) is 8.43 Å². The molecule has 0 unspecified atom stereocenters. The van der Waals surface area contributed by atoms with Crippen LogP contribution in [-0.2, 0) is 10.3 Å². The summed E-state index contributed by atoms with van der Waals surface area (Å²) in [4.78, 5) is 4.54. The van der Waals surface area contributed by atoms with Crippen molar-refractivity contribution in [3.05, 3.63) is 8.84 Å². The highest BCUT2D eigenvalue weighted by atomic mass is 127. The standard InChI is InChI=1S/C12H19IN2OS/c1-4-16-12(9-14-10(13)17-15-9)7-5-11(2,3)6-8-12/h4-8H2,1-3H3. The van der Waals surface area contributed by atoms with Gasteiger partial charge in [0.1, 0.15) is 5.60 Å². The van der Waals surface area contributed by atoms with Crippen molar-refractivity contribution < 1.29 is 4.74 Å². The molecule has 1 fully saturated rings. The summed E-state index contributed by atoms with van der Waals surface area (Å²) in [6.45, 7) is 7.46. The Kier molecular flexibility index (Phi) is 4.09. The molecular weight excluding hydrogens is 347 g/mol. The minimum absolute atomic E-state index is 0.218. The molecule has 1 aliphatic rings. The predicted octanol–water partition coefficient (Wildman–Crippen LogP) is 3.97. The third-order valence-electron chi connectivity index (χ3n) is 3.64. The smallest absolute Gasteiger partial charge is 0.175 e. The number of hydrogen-bond donors (Lipinski definition) is 0. The number of ether oxygens (including phenoxy) is 1. The molecule has 0 amide bonds. The lowest BCUT2D eigenvalue weighted by Crippen LogP contribution is -2.38. The minimum Gasteiger partial charge on any atom is -0.367 e. The molecule has 1 aromatic heterocycles. The molecule has 5 heteroatoms. The van der Waals surface area contributed by atoms with Crippen molar-refractivity contribution in [2.24, 2.45) is 5.41 Å². The van der Waals surface area contributed by atoms with Crippen LogP contribution in [0.15, 0.2) is 0 Å². The summed E-state index contributed by atoms with van der Waals surface area (Å²) in [5.41, 5.74) is 0.216. The Morgan fingerprint density at radius 3 is 2.41 bits per heavy atom. The van der Waals surface area contributed by atoms with Gasteiger partial charge in [-0.25, -0.2) is 4.98 Å². The second-order valence-electron chi connectivity index (χ2n) is 5.46. The first kappa shape index (κ1) is 13.7. The molecule has 2 rings (SSSR count). The Labute approximate surface area is 121 Å². The fraction of sp³-hybridized carbons (Fsp3) is 0.833. The van der Waals surface area contributed by atoms with Gasteiger partial charge in [0.2, 0.25) is 0 Å². The maximum atomic E-state index is 6.04. The normalized spacial score (nSPS) is 22.6. The summed E-state index contributed by atoms with van der Waals surface area (Å²) in [6.07, 6.45) is 4.45. The molecule has 0 aliphatic heterocycles. The summed E-state index contributed by atoms with van der Waals surface area (Å²) in [7, 11) is 0. The van der Waals surface area contributed by atoms with Crippen LogP contribution in [0.4, 0.5) is 0 Å². The van der Waals surface area contributed by atoms with E-state index in [1.807, 2.05) is 0 Å². The van der Waals surface area contributed by atoms with E-state index < -0.39 is 0 Å². The first-order valence-corrected chi connectivity index (χ1v) is 7.96. The largest absolute Gasteiger partial charge is 0.367 e. The first-order chi connectivity index (χ1) is 7.97. The topological polar surface area (TPSA) is 35.0 Å². The van der Waals surface area contributed by atoms with Crippen LogP contribution in [0.3, 0.4) is 0 Å². The molecular formula is C12H19IN2OS. The van der Waals surface area contributed by atoms with Crippen molar-refractivity contribution in [1.82, 2.24) is 9.36 Å². The summed E-state index contributed by atoms with van der Waals surface area (Å²) >= 11 is 3.70. The number of halogens is 1. The maximum Gasteiger partial charge on any atom is 0.175 e. The molecule has 0 bridgehead atoms. The van der Waals surface area contributed by atoms with Gasteiger partial charge in [-0.1, -0.05) is 13.8 Å². The molecule has 0 saturated heterocycles. The average molecular weight is 366 g/mol. The molecule has 3 nitrogen and oxygen atoms in total.